The second kappa shape index (κ2) is 7.41. The van der Waals surface area contributed by atoms with Gasteiger partial charge in [-0.25, -0.2) is 4.79 Å². The van der Waals surface area contributed by atoms with Crippen molar-refractivity contribution in [1.29, 1.82) is 0 Å². The van der Waals surface area contributed by atoms with E-state index in [9.17, 15) is 9.90 Å². The van der Waals surface area contributed by atoms with Crippen LogP contribution in [0.2, 0.25) is 0 Å². The van der Waals surface area contributed by atoms with Gasteiger partial charge in [-0.2, -0.15) is 0 Å². The lowest BCUT2D eigenvalue weighted by atomic mass is 9.85. The van der Waals surface area contributed by atoms with Gasteiger partial charge in [0.15, 0.2) is 5.60 Å². The third-order valence-electron chi connectivity index (χ3n) is 4.85. The molecule has 0 aromatic rings. The van der Waals surface area contributed by atoms with E-state index in [0.717, 1.165) is 58.0 Å². The molecule has 1 N–H and O–H groups in total. The van der Waals surface area contributed by atoms with Crippen LogP contribution in [-0.4, -0.2) is 47.8 Å². The fraction of sp³-hybridized carbons (Fsp3) is 0.824. The van der Waals surface area contributed by atoms with Gasteiger partial charge in [-0.1, -0.05) is 25.8 Å². The lowest BCUT2D eigenvalue weighted by molar-refractivity contribution is -0.173. The number of hydrogen-bond acceptors (Lipinski definition) is 4. The summed E-state index contributed by atoms with van der Waals surface area (Å²) >= 11 is 0. The van der Waals surface area contributed by atoms with Gasteiger partial charge >= 0.3 is 5.97 Å². The third kappa shape index (κ3) is 4.07. The highest BCUT2D eigenvalue weighted by atomic mass is 16.6. The van der Waals surface area contributed by atoms with Crippen LogP contribution >= 0.6 is 0 Å². The highest BCUT2D eigenvalue weighted by molar-refractivity contribution is 5.82. The Balaban J connectivity index is 2.01. The van der Waals surface area contributed by atoms with Gasteiger partial charge in [-0.3, -0.25) is 0 Å². The van der Waals surface area contributed by atoms with Crippen molar-refractivity contribution in [2.45, 2.75) is 63.6 Å². The van der Waals surface area contributed by atoms with Crippen LogP contribution in [0.15, 0.2) is 12.2 Å². The van der Waals surface area contributed by atoms with E-state index in [4.69, 9.17) is 4.74 Å². The van der Waals surface area contributed by atoms with Gasteiger partial charge in [-0.05, 0) is 45.2 Å². The summed E-state index contributed by atoms with van der Waals surface area (Å²) in [6.45, 7) is 3.91. The van der Waals surface area contributed by atoms with Crippen molar-refractivity contribution in [1.82, 2.24) is 4.90 Å². The highest BCUT2D eigenvalue weighted by Gasteiger charge is 2.45. The van der Waals surface area contributed by atoms with Crippen molar-refractivity contribution in [2.24, 2.45) is 5.92 Å². The van der Waals surface area contributed by atoms with Crippen molar-refractivity contribution in [2.75, 3.05) is 20.1 Å². The Morgan fingerprint density at radius 3 is 2.48 bits per heavy atom. The number of likely N-dealkylation sites (tertiary alicyclic amines) is 1. The van der Waals surface area contributed by atoms with Gasteiger partial charge in [0.25, 0.3) is 0 Å². The normalized spacial score (nSPS) is 25.3. The zero-order valence-corrected chi connectivity index (χ0v) is 13.4. The van der Waals surface area contributed by atoms with E-state index in [2.05, 4.69) is 11.9 Å². The van der Waals surface area contributed by atoms with E-state index in [1.54, 1.807) is 6.08 Å². The largest absolute Gasteiger partial charge is 0.460 e. The molecule has 0 bridgehead atoms. The maximum absolute atomic E-state index is 12.6. The number of nitrogens with zero attached hydrogens (tertiary/aromatic N) is 1. The number of hydrogen-bond donors (Lipinski definition) is 1. The first-order valence-corrected chi connectivity index (χ1v) is 8.36. The highest BCUT2D eigenvalue weighted by Crippen LogP contribution is 2.36. The summed E-state index contributed by atoms with van der Waals surface area (Å²) in [4.78, 5) is 14.8. The lowest BCUT2D eigenvalue weighted by Gasteiger charge is -2.33. The molecule has 21 heavy (non-hydrogen) atoms. The van der Waals surface area contributed by atoms with E-state index in [1.165, 1.54) is 0 Å². The number of piperidine rings is 1. The standard InChI is InChI=1S/C17H29NO3/c1-3-4-11-17(20,14-7-5-6-8-14)16(19)21-15-9-12-18(2)13-10-15/h4,11,14-15,20H,3,5-10,12-13H2,1-2H3/b11-4+. The van der Waals surface area contributed by atoms with E-state index < -0.39 is 11.6 Å². The summed E-state index contributed by atoms with van der Waals surface area (Å²) in [5.41, 5.74) is -1.42. The van der Waals surface area contributed by atoms with E-state index in [0.29, 0.717) is 0 Å². The molecule has 0 amide bonds. The predicted molar refractivity (Wildman–Crippen MR) is 82.9 cm³/mol. The Morgan fingerprint density at radius 2 is 1.90 bits per heavy atom. The summed E-state index contributed by atoms with van der Waals surface area (Å²) in [5, 5.41) is 10.9. The molecule has 1 aliphatic carbocycles. The second-order valence-corrected chi connectivity index (χ2v) is 6.53. The number of rotatable bonds is 5. The molecule has 2 rings (SSSR count). The Morgan fingerprint density at radius 1 is 1.29 bits per heavy atom. The van der Waals surface area contributed by atoms with Crippen LogP contribution in [0.3, 0.4) is 0 Å². The monoisotopic (exact) mass is 295 g/mol. The molecule has 1 saturated carbocycles. The minimum absolute atomic E-state index is 0.0130. The van der Waals surface area contributed by atoms with Gasteiger partial charge in [0.2, 0.25) is 0 Å². The molecule has 1 atom stereocenters. The summed E-state index contributed by atoms with van der Waals surface area (Å²) in [5.74, 6) is -0.423. The number of ether oxygens (including phenoxy) is 1. The third-order valence-corrected chi connectivity index (χ3v) is 4.85. The van der Waals surface area contributed by atoms with Crippen molar-refractivity contribution in [3.8, 4) is 0 Å². The van der Waals surface area contributed by atoms with Crippen LogP contribution in [0.25, 0.3) is 0 Å². The molecule has 120 valence electrons. The van der Waals surface area contributed by atoms with Crippen molar-refractivity contribution in [3.63, 3.8) is 0 Å². The van der Waals surface area contributed by atoms with Gasteiger partial charge in [0.05, 0.1) is 0 Å². The molecule has 0 radical (unpaired) electrons. The Bertz CT molecular complexity index is 368. The van der Waals surface area contributed by atoms with Gasteiger partial charge in [-0.15, -0.1) is 0 Å². The Hall–Kier alpha value is -0.870. The minimum atomic E-state index is -1.42. The quantitative estimate of drug-likeness (QED) is 0.625. The fourth-order valence-corrected chi connectivity index (χ4v) is 3.38. The molecule has 0 aromatic carbocycles. The molecule has 2 aliphatic rings. The number of allylic oxidation sites excluding steroid dienone is 1. The molecule has 0 spiro atoms. The smallest absolute Gasteiger partial charge is 0.342 e. The first-order valence-electron chi connectivity index (χ1n) is 8.36. The molecule has 1 aliphatic heterocycles. The van der Waals surface area contributed by atoms with Crippen molar-refractivity contribution < 1.29 is 14.6 Å². The summed E-state index contributed by atoms with van der Waals surface area (Å²) in [7, 11) is 2.08. The fourth-order valence-electron chi connectivity index (χ4n) is 3.38. The number of aliphatic hydroxyl groups is 1. The zero-order valence-electron chi connectivity index (χ0n) is 13.4. The van der Waals surface area contributed by atoms with Crippen LogP contribution in [-0.2, 0) is 9.53 Å². The van der Waals surface area contributed by atoms with E-state index in [1.807, 2.05) is 13.0 Å². The second-order valence-electron chi connectivity index (χ2n) is 6.53. The molecular formula is C17H29NO3. The van der Waals surface area contributed by atoms with Gasteiger partial charge in [0.1, 0.15) is 6.10 Å². The molecule has 1 saturated heterocycles. The van der Waals surface area contributed by atoms with Gasteiger partial charge < -0.3 is 14.7 Å². The molecule has 2 fully saturated rings. The van der Waals surface area contributed by atoms with Crippen LogP contribution in [0, 0.1) is 5.92 Å². The molecule has 0 aromatic heterocycles. The number of esters is 1. The lowest BCUT2D eigenvalue weighted by Crippen LogP contribution is -2.47. The first kappa shape index (κ1) is 16.5. The van der Waals surface area contributed by atoms with Crippen LogP contribution in [0.1, 0.15) is 51.9 Å². The van der Waals surface area contributed by atoms with Crippen molar-refractivity contribution >= 4 is 5.97 Å². The van der Waals surface area contributed by atoms with Crippen LogP contribution < -0.4 is 0 Å². The average molecular weight is 295 g/mol. The first-order chi connectivity index (χ1) is 10.1. The Labute approximate surface area is 128 Å². The molecule has 1 unspecified atom stereocenters. The molecular weight excluding hydrogens is 266 g/mol. The predicted octanol–water partition coefficient (Wildman–Crippen LogP) is 2.51. The summed E-state index contributed by atoms with van der Waals surface area (Å²) in [6.07, 6.45) is 10.1. The molecule has 4 heteroatoms. The summed E-state index contributed by atoms with van der Waals surface area (Å²) in [6, 6.07) is 0. The Kier molecular flexibility index (Phi) is 5.82. The zero-order chi connectivity index (χ0) is 15.3. The van der Waals surface area contributed by atoms with Crippen LogP contribution in [0.5, 0.6) is 0 Å². The average Bonchev–Trinajstić information content (AvgIpc) is 3.02. The van der Waals surface area contributed by atoms with E-state index in [-0.39, 0.29) is 12.0 Å². The SMILES string of the molecule is CC/C=C/C(O)(C(=O)OC1CCN(C)CC1)C1CCCC1. The minimum Gasteiger partial charge on any atom is -0.460 e. The number of carbonyl (C=O) groups is 1. The van der Waals surface area contributed by atoms with E-state index >= 15 is 0 Å². The van der Waals surface area contributed by atoms with Gasteiger partial charge in [0, 0.05) is 19.0 Å². The molecule has 1 heterocycles. The summed E-state index contributed by atoms with van der Waals surface area (Å²) < 4.78 is 5.65. The maximum atomic E-state index is 12.6. The molecule has 4 nitrogen and oxygen atoms in total. The topological polar surface area (TPSA) is 49.8 Å². The van der Waals surface area contributed by atoms with Crippen LogP contribution in [0.4, 0.5) is 0 Å². The number of carbonyl (C=O) groups excluding carboxylic acids is 1. The maximum Gasteiger partial charge on any atom is 0.342 e. The van der Waals surface area contributed by atoms with Crippen molar-refractivity contribution in [3.05, 3.63) is 12.2 Å².